The Morgan fingerprint density at radius 1 is 0.762 bits per heavy atom. The van der Waals surface area contributed by atoms with Crippen molar-refractivity contribution in [1.82, 2.24) is 9.97 Å². The van der Waals surface area contributed by atoms with Gasteiger partial charge >= 0.3 is 0 Å². The molecular formula is C18H17FN2. The third kappa shape index (κ3) is 2.68. The molecule has 21 heavy (non-hydrogen) atoms. The lowest BCUT2D eigenvalue weighted by Crippen LogP contribution is -1.73. The number of hydrogen-bond donors (Lipinski definition) is 2. The van der Waals surface area contributed by atoms with Crippen LogP contribution in [0.25, 0.3) is 21.8 Å². The van der Waals surface area contributed by atoms with E-state index in [1.807, 2.05) is 25.4 Å². The van der Waals surface area contributed by atoms with Crippen LogP contribution >= 0.6 is 0 Å². The van der Waals surface area contributed by atoms with Crippen molar-refractivity contribution >= 4 is 21.8 Å². The van der Waals surface area contributed by atoms with E-state index in [0.29, 0.717) is 0 Å². The summed E-state index contributed by atoms with van der Waals surface area (Å²) < 4.78 is 12.7. The molecule has 0 aliphatic carbocycles. The van der Waals surface area contributed by atoms with Gasteiger partial charge in [-0.25, -0.2) is 4.39 Å². The summed E-state index contributed by atoms with van der Waals surface area (Å²) in [6, 6.07) is 13.1. The quantitative estimate of drug-likeness (QED) is 0.449. The number of nitrogens with one attached hydrogen (secondary N) is 2. The largest absolute Gasteiger partial charge is 0.361 e. The zero-order chi connectivity index (χ0) is 14.8. The van der Waals surface area contributed by atoms with Crippen molar-refractivity contribution in [2.45, 2.75) is 13.8 Å². The van der Waals surface area contributed by atoms with Crippen molar-refractivity contribution in [3.8, 4) is 0 Å². The Kier molecular flexibility index (Phi) is 3.48. The van der Waals surface area contributed by atoms with Crippen molar-refractivity contribution in [3.63, 3.8) is 0 Å². The van der Waals surface area contributed by atoms with Crippen LogP contribution in [0.15, 0.2) is 54.9 Å². The van der Waals surface area contributed by atoms with Crippen LogP contribution in [-0.2, 0) is 0 Å². The fraction of sp³-hybridized carbons (Fsp3) is 0.111. The molecule has 2 aromatic heterocycles. The van der Waals surface area contributed by atoms with E-state index in [1.54, 1.807) is 12.1 Å². The van der Waals surface area contributed by atoms with Gasteiger partial charge in [-0.15, -0.1) is 0 Å². The Balaban J connectivity index is 0.000000126. The minimum atomic E-state index is -0.180. The Bertz CT molecular complexity index is 886. The summed E-state index contributed by atoms with van der Waals surface area (Å²) in [5, 5.41) is 2.28. The average Bonchev–Trinajstić information content (AvgIpc) is 3.05. The molecule has 0 aliphatic rings. The maximum absolute atomic E-state index is 12.7. The Morgan fingerprint density at radius 3 is 2.10 bits per heavy atom. The van der Waals surface area contributed by atoms with E-state index in [2.05, 4.69) is 35.1 Å². The molecule has 0 bridgehead atoms. The highest BCUT2D eigenvalue weighted by atomic mass is 19.1. The van der Waals surface area contributed by atoms with Crippen LogP contribution in [-0.4, -0.2) is 9.97 Å². The van der Waals surface area contributed by atoms with E-state index >= 15 is 0 Å². The number of aryl methyl sites for hydroxylation is 2. The molecule has 2 N–H and O–H groups in total. The van der Waals surface area contributed by atoms with Crippen LogP contribution in [0.5, 0.6) is 0 Å². The number of aromatic nitrogens is 2. The minimum absolute atomic E-state index is 0.180. The molecule has 0 fully saturated rings. The molecule has 4 rings (SSSR count). The van der Waals surface area contributed by atoms with Gasteiger partial charge in [-0.05, 0) is 49.2 Å². The molecule has 0 amide bonds. The van der Waals surface area contributed by atoms with Crippen LogP contribution in [0, 0.1) is 19.7 Å². The molecule has 2 aromatic carbocycles. The van der Waals surface area contributed by atoms with E-state index in [0.717, 1.165) is 16.5 Å². The van der Waals surface area contributed by atoms with Gasteiger partial charge in [0.25, 0.3) is 0 Å². The summed E-state index contributed by atoms with van der Waals surface area (Å²) in [5.41, 5.74) is 4.61. The first-order valence-corrected chi connectivity index (χ1v) is 6.91. The van der Waals surface area contributed by atoms with Gasteiger partial charge in [0.05, 0.1) is 0 Å². The van der Waals surface area contributed by atoms with Crippen LogP contribution in [0.4, 0.5) is 4.39 Å². The van der Waals surface area contributed by atoms with Gasteiger partial charge in [0, 0.05) is 34.2 Å². The number of hydrogen-bond acceptors (Lipinski definition) is 0. The van der Waals surface area contributed by atoms with Crippen LogP contribution in [0.1, 0.15) is 11.1 Å². The fourth-order valence-corrected chi connectivity index (χ4v) is 2.45. The number of para-hydroxylation sites is 1. The van der Waals surface area contributed by atoms with Gasteiger partial charge in [0.1, 0.15) is 5.82 Å². The Morgan fingerprint density at radius 2 is 1.38 bits per heavy atom. The molecule has 0 saturated carbocycles. The molecule has 0 unspecified atom stereocenters. The van der Waals surface area contributed by atoms with E-state index < -0.39 is 0 Å². The molecule has 4 aromatic rings. The molecule has 3 heteroatoms. The first-order valence-electron chi connectivity index (χ1n) is 6.91. The fourth-order valence-electron chi connectivity index (χ4n) is 2.45. The van der Waals surface area contributed by atoms with Gasteiger partial charge in [-0.3, -0.25) is 0 Å². The van der Waals surface area contributed by atoms with Gasteiger partial charge in [0.15, 0.2) is 0 Å². The topological polar surface area (TPSA) is 31.6 Å². The minimum Gasteiger partial charge on any atom is -0.361 e. The van der Waals surface area contributed by atoms with E-state index in [4.69, 9.17) is 0 Å². The van der Waals surface area contributed by atoms with E-state index in [9.17, 15) is 4.39 Å². The third-order valence-electron chi connectivity index (χ3n) is 3.65. The second kappa shape index (κ2) is 5.44. The lowest BCUT2D eigenvalue weighted by Gasteiger charge is -1.90. The van der Waals surface area contributed by atoms with Gasteiger partial charge in [-0.1, -0.05) is 18.2 Å². The molecule has 0 saturated heterocycles. The summed E-state index contributed by atoms with van der Waals surface area (Å²) in [6.45, 7) is 4.07. The maximum atomic E-state index is 12.7. The summed E-state index contributed by atoms with van der Waals surface area (Å²) in [7, 11) is 0. The lowest BCUT2D eigenvalue weighted by atomic mass is 10.2. The summed E-state index contributed by atoms with van der Waals surface area (Å²) >= 11 is 0. The van der Waals surface area contributed by atoms with Gasteiger partial charge in [-0.2, -0.15) is 0 Å². The zero-order valence-corrected chi connectivity index (χ0v) is 12.1. The summed E-state index contributed by atoms with van der Waals surface area (Å²) in [4.78, 5) is 6.24. The highest BCUT2D eigenvalue weighted by Crippen LogP contribution is 2.17. The molecular weight excluding hydrogens is 263 g/mol. The highest BCUT2D eigenvalue weighted by molar-refractivity contribution is 5.83. The second-order valence-corrected chi connectivity index (χ2v) is 5.18. The molecule has 106 valence electrons. The van der Waals surface area contributed by atoms with E-state index in [-0.39, 0.29) is 5.82 Å². The first-order chi connectivity index (χ1) is 10.1. The second-order valence-electron chi connectivity index (χ2n) is 5.18. The van der Waals surface area contributed by atoms with Crippen molar-refractivity contribution in [2.24, 2.45) is 0 Å². The average molecular weight is 280 g/mol. The highest BCUT2D eigenvalue weighted by Gasteiger charge is 1.99. The standard InChI is InChI=1S/C9H8FN.C9H9N/c1-6-5-11-9-3-2-7(10)4-8(6)9;1-7-6-10-9-5-3-2-4-8(7)9/h2-5,11H,1H3;2-6,10H,1H3. The molecule has 0 aliphatic heterocycles. The third-order valence-corrected chi connectivity index (χ3v) is 3.65. The summed E-state index contributed by atoms with van der Waals surface area (Å²) in [6.07, 6.45) is 3.91. The van der Waals surface area contributed by atoms with Crippen molar-refractivity contribution in [2.75, 3.05) is 0 Å². The summed E-state index contributed by atoms with van der Waals surface area (Å²) in [5.74, 6) is -0.180. The predicted octanol–water partition coefficient (Wildman–Crippen LogP) is 5.09. The van der Waals surface area contributed by atoms with Crippen LogP contribution in [0.2, 0.25) is 0 Å². The Labute approximate surface area is 122 Å². The molecule has 2 nitrogen and oxygen atoms in total. The SMILES string of the molecule is Cc1c[nH]c2ccc(F)cc12.Cc1c[nH]c2ccccc12. The number of H-pyrrole nitrogens is 2. The number of fused-ring (bicyclic) bond motifs is 2. The zero-order valence-electron chi connectivity index (χ0n) is 12.1. The molecule has 0 spiro atoms. The number of rotatable bonds is 0. The van der Waals surface area contributed by atoms with Gasteiger partial charge < -0.3 is 9.97 Å². The van der Waals surface area contributed by atoms with Crippen molar-refractivity contribution in [1.29, 1.82) is 0 Å². The molecule has 0 atom stereocenters. The number of benzene rings is 2. The smallest absolute Gasteiger partial charge is 0.123 e. The van der Waals surface area contributed by atoms with Gasteiger partial charge in [0.2, 0.25) is 0 Å². The van der Waals surface area contributed by atoms with Crippen LogP contribution in [0.3, 0.4) is 0 Å². The number of aromatic amines is 2. The first kappa shape index (κ1) is 13.4. The van der Waals surface area contributed by atoms with Crippen molar-refractivity contribution in [3.05, 3.63) is 71.8 Å². The monoisotopic (exact) mass is 280 g/mol. The number of halogens is 1. The van der Waals surface area contributed by atoms with Crippen LogP contribution < -0.4 is 0 Å². The molecule has 0 radical (unpaired) electrons. The molecule has 2 heterocycles. The van der Waals surface area contributed by atoms with Crippen molar-refractivity contribution < 1.29 is 4.39 Å². The lowest BCUT2D eigenvalue weighted by molar-refractivity contribution is 0.629. The van der Waals surface area contributed by atoms with E-state index in [1.165, 1.54) is 22.5 Å². The normalized spacial score (nSPS) is 10.6. The Hall–Kier alpha value is -2.55. The maximum Gasteiger partial charge on any atom is 0.123 e. The predicted molar refractivity (Wildman–Crippen MR) is 86.0 cm³/mol.